The van der Waals surface area contributed by atoms with E-state index in [0.29, 0.717) is 12.1 Å². The highest BCUT2D eigenvalue weighted by atomic mass is 19.3. The molecule has 16 heavy (non-hydrogen) atoms. The lowest BCUT2D eigenvalue weighted by atomic mass is 9.61. The number of nitrogens with one attached hydrogen (secondary N) is 1. The fourth-order valence-corrected chi connectivity index (χ4v) is 2.61. The van der Waals surface area contributed by atoms with Gasteiger partial charge in [-0.3, -0.25) is 0 Å². The number of aromatic hydroxyl groups is 1. The van der Waals surface area contributed by atoms with Gasteiger partial charge < -0.3 is 10.4 Å². The van der Waals surface area contributed by atoms with Crippen molar-refractivity contribution in [3.63, 3.8) is 0 Å². The van der Waals surface area contributed by atoms with Crippen LogP contribution in [0.1, 0.15) is 18.4 Å². The molecular formula is C12H15F2NO. The Labute approximate surface area is 93.3 Å². The number of phenols is 1. The van der Waals surface area contributed by atoms with Gasteiger partial charge in [0.15, 0.2) is 0 Å². The van der Waals surface area contributed by atoms with Crippen molar-refractivity contribution < 1.29 is 13.9 Å². The third-order valence-electron chi connectivity index (χ3n) is 3.18. The van der Waals surface area contributed by atoms with Crippen LogP contribution in [0, 0.1) is 0 Å². The van der Waals surface area contributed by atoms with E-state index in [1.165, 1.54) is 0 Å². The van der Waals surface area contributed by atoms with Gasteiger partial charge in [0, 0.05) is 30.4 Å². The summed E-state index contributed by atoms with van der Waals surface area (Å²) in [6.45, 7) is 0.458. The minimum absolute atomic E-state index is 0.105. The molecule has 0 aliphatic heterocycles. The van der Waals surface area contributed by atoms with E-state index in [2.05, 4.69) is 5.32 Å². The molecule has 4 heteroatoms. The van der Waals surface area contributed by atoms with E-state index >= 15 is 0 Å². The zero-order valence-electron chi connectivity index (χ0n) is 9.13. The van der Waals surface area contributed by atoms with Crippen LogP contribution in [0.15, 0.2) is 24.3 Å². The molecule has 0 amide bonds. The number of hydrogen-bond acceptors (Lipinski definition) is 2. The molecule has 0 radical (unpaired) electrons. The quantitative estimate of drug-likeness (QED) is 0.830. The standard InChI is InChI=1S/C12H15F2NO/c1-15-8-11(6-12(13,14)7-11)9-4-2-3-5-10(9)16/h2-5,15-16H,6-8H2,1H3. The van der Waals surface area contributed by atoms with Gasteiger partial charge in [-0.1, -0.05) is 18.2 Å². The number of halogens is 2. The van der Waals surface area contributed by atoms with Crippen LogP contribution in [0.25, 0.3) is 0 Å². The molecule has 0 spiro atoms. The summed E-state index contributed by atoms with van der Waals surface area (Å²) in [5.74, 6) is -2.49. The van der Waals surface area contributed by atoms with Gasteiger partial charge in [-0.05, 0) is 13.1 Å². The van der Waals surface area contributed by atoms with Gasteiger partial charge >= 0.3 is 0 Å². The molecule has 2 nitrogen and oxygen atoms in total. The second kappa shape index (κ2) is 3.70. The summed E-state index contributed by atoms with van der Waals surface area (Å²) in [7, 11) is 1.73. The van der Waals surface area contributed by atoms with E-state index in [1.54, 1.807) is 31.3 Å². The zero-order valence-corrected chi connectivity index (χ0v) is 9.13. The average Bonchev–Trinajstić information content (AvgIpc) is 2.15. The van der Waals surface area contributed by atoms with Crippen LogP contribution in [0.3, 0.4) is 0 Å². The van der Waals surface area contributed by atoms with Crippen LogP contribution < -0.4 is 5.32 Å². The monoisotopic (exact) mass is 227 g/mol. The molecular weight excluding hydrogens is 212 g/mol. The van der Waals surface area contributed by atoms with Gasteiger partial charge in [0.2, 0.25) is 5.92 Å². The van der Waals surface area contributed by atoms with Crippen molar-refractivity contribution in [2.45, 2.75) is 24.2 Å². The van der Waals surface area contributed by atoms with Gasteiger partial charge in [-0.15, -0.1) is 0 Å². The normalized spacial score (nSPS) is 21.4. The molecule has 2 rings (SSSR count). The molecule has 0 atom stereocenters. The van der Waals surface area contributed by atoms with Crippen molar-refractivity contribution in [3.05, 3.63) is 29.8 Å². The van der Waals surface area contributed by atoms with Crippen LogP contribution >= 0.6 is 0 Å². The summed E-state index contributed by atoms with van der Waals surface area (Å²) >= 11 is 0. The fraction of sp³-hybridized carbons (Fsp3) is 0.500. The number of para-hydroxylation sites is 1. The van der Waals surface area contributed by atoms with Crippen molar-refractivity contribution in [3.8, 4) is 5.75 Å². The Hall–Kier alpha value is -1.16. The lowest BCUT2D eigenvalue weighted by Crippen LogP contribution is -2.54. The molecule has 1 aromatic carbocycles. The third-order valence-corrected chi connectivity index (χ3v) is 3.18. The smallest absolute Gasteiger partial charge is 0.250 e. The highest BCUT2D eigenvalue weighted by Crippen LogP contribution is 2.54. The molecule has 1 fully saturated rings. The maximum atomic E-state index is 13.1. The molecule has 0 heterocycles. The molecule has 1 aromatic rings. The summed E-state index contributed by atoms with van der Waals surface area (Å²) < 4.78 is 26.1. The van der Waals surface area contributed by atoms with Crippen LogP contribution in [0.5, 0.6) is 5.75 Å². The fourth-order valence-electron chi connectivity index (χ4n) is 2.61. The van der Waals surface area contributed by atoms with Crippen LogP contribution in [-0.2, 0) is 5.41 Å². The second-order valence-corrected chi connectivity index (χ2v) is 4.54. The second-order valence-electron chi connectivity index (χ2n) is 4.54. The van der Waals surface area contributed by atoms with Crippen LogP contribution in [0.2, 0.25) is 0 Å². The largest absolute Gasteiger partial charge is 0.508 e. The van der Waals surface area contributed by atoms with Gasteiger partial charge in [0.25, 0.3) is 0 Å². The Kier molecular flexibility index (Phi) is 2.62. The van der Waals surface area contributed by atoms with E-state index in [-0.39, 0.29) is 18.6 Å². The number of alkyl halides is 2. The summed E-state index contributed by atoms with van der Waals surface area (Å²) in [4.78, 5) is 0. The van der Waals surface area contributed by atoms with Crippen molar-refractivity contribution in [2.24, 2.45) is 0 Å². The zero-order chi connectivity index (χ0) is 11.8. The predicted octanol–water partition coefficient (Wildman–Crippen LogP) is 2.28. The Bertz CT molecular complexity index is 384. The number of rotatable bonds is 3. The Morgan fingerprint density at radius 1 is 1.31 bits per heavy atom. The molecule has 88 valence electrons. The first-order chi connectivity index (χ1) is 7.49. The molecule has 1 aliphatic rings. The predicted molar refractivity (Wildman–Crippen MR) is 57.9 cm³/mol. The van der Waals surface area contributed by atoms with E-state index in [9.17, 15) is 13.9 Å². The van der Waals surface area contributed by atoms with Gasteiger partial charge in [0.05, 0.1) is 0 Å². The maximum Gasteiger partial charge on any atom is 0.250 e. The summed E-state index contributed by atoms with van der Waals surface area (Å²) in [6.07, 6.45) is -0.392. The van der Waals surface area contributed by atoms with Crippen molar-refractivity contribution in [1.29, 1.82) is 0 Å². The average molecular weight is 227 g/mol. The Balaban J connectivity index is 2.32. The van der Waals surface area contributed by atoms with Crippen molar-refractivity contribution in [2.75, 3.05) is 13.6 Å². The molecule has 0 unspecified atom stereocenters. The van der Waals surface area contributed by atoms with Crippen molar-refractivity contribution in [1.82, 2.24) is 5.32 Å². The molecule has 0 aromatic heterocycles. The Morgan fingerprint density at radius 2 is 1.94 bits per heavy atom. The van der Waals surface area contributed by atoms with Gasteiger partial charge in [-0.2, -0.15) is 0 Å². The maximum absolute atomic E-state index is 13.1. The van der Waals surface area contributed by atoms with Gasteiger partial charge in [-0.25, -0.2) is 8.78 Å². The number of hydrogen-bond donors (Lipinski definition) is 2. The molecule has 0 saturated heterocycles. The van der Waals surface area contributed by atoms with Gasteiger partial charge in [0.1, 0.15) is 5.75 Å². The first kappa shape index (κ1) is 11.3. The Morgan fingerprint density at radius 3 is 2.44 bits per heavy atom. The lowest BCUT2D eigenvalue weighted by molar-refractivity contribution is -0.125. The minimum atomic E-state index is -2.60. The minimum Gasteiger partial charge on any atom is -0.508 e. The summed E-state index contributed by atoms with van der Waals surface area (Å²) in [5, 5.41) is 12.7. The van der Waals surface area contributed by atoms with Crippen LogP contribution in [0.4, 0.5) is 8.78 Å². The molecule has 0 bridgehead atoms. The summed E-state index contributed by atoms with van der Waals surface area (Å²) in [6, 6.07) is 6.73. The van der Waals surface area contributed by atoms with Crippen LogP contribution in [-0.4, -0.2) is 24.6 Å². The highest BCUT2D eigenvalue weighted by Gasteiger charge is 2.57. The third kappa shape index (κ3) is 1.78. The number of phenolic OH excluding ortho intramolecular Hbond substituents is 1. The van der Waals surface area contributed by atoms with Crippen molar-refractivity contribution >= 4 is 0 Å². The summed E-state index contributed by atoms with van der Waals surface area (Å²) in [5.41, 5.74) is -0.000810. The number of benzene rings is 1. The lowest BCUT2D eigenvalue weighted by Gasteiger charge is -2.48. The first-order valence-electron chi connectivity index (χ1n) is 5.30. The van der Waals surface area contributed by atoms with E-state index < -0.39 is 11.3 Å². The molecule has 1 aliphatic carbocycles. The molecule has 1 saturated carbocycles. The topological polar surface area (TPSA) is 32.3 Å². The molecule has 2 N–H and O–H groups in total. The first-order valence-corrected chi connectivity index (χ1v) is 5.30. The SMILES string of the molecule is CNCC1(c2ccccc2O)CC(F)(F)C1. The van der Waals surface area contributed by atoms with E-state index in [0.717, 1.165) is 0 Å². The van der Waals surface area contributed by atoms with E-state index in [4.69, 9.17) is 0 Å². The number of likely N-dealkylation sites (N-methyl/N-ethyl adjacent to an activating group) is 1. The highest BCUT2D eigenvalue weighted by molar-refractivity contribution is 5.41. The van der Waals surface area contributed by atoms with E-state index in [1.807, 2.05) is 0 Å².